The van der Waals surface area contributed by atoms with Crippen LogP contribution < -0.4 is 5.32 Å². The molecule has 6 heteroatoms. The maximum absolute atomic E-state index is 12.8. The van der Waals surface area contributed by atoms with Crippen LogP contribution in [0.1, 0.15) is 29.0 Å². The van der Waals surface area contributed by atoms with Gasteiger partial charge < -0.3 is 14.5 Å². The summed E-state index contributed by atoms with van der Waals surface area (Å²) in [5.41, 5.74) is 1.64. The van der Waals surface area contributed by atoms with Crippen LogP contribution in [0.3, 0.4) is 0 Å². The van der Waals surface area contributed by atoms with Crippen LogP contribution in [0, 0.1) is 0 Å². The number of hydrogen-bond donors (Lipinski definition) is 1. The van der Waals surface area contributed by atoms with Gasteiger partial charge in [0.15, 0.2) is 5.76 Å². The van der Waals surface area contributed by atoms with E-state index in [0.29, 0.717) is 23.1 Å². The van der Waals surface area contributed by atoms with E-state index in [9.17, 15) is 4.79 Å². The standard InChI is InChI=1S/C21H20ClNO3S/c22-14-7-9-16(10-8-14)27-13-18-17-5-1-2-6-19(17)26-20(18)21(24)23-12-15-4-3-11-25-15/h1-2,5-10,15H,3-4,11-13H2,(H,23,24)/t15-/m1/s1. The minimum Gasteiger partial charge on any atom is -0.451 e. The van der Waals surface area contributed by atoms with Crippen LogP contribution in [0.25, 0.3) is 11.0 Å². The van der Waals surface area contributed by atoms with Crippen LogP contribution in [-0.2, 0) is 10.5 Å². The second-order valence-corrected chi connectivity index (χ2v) is 7.98. The summed E-state index contributed by atoms with van der Waals surface area (Å²) >= 11 is 7.61. The highest BCUT2D eigenvalue weighted by atomic mass is 35.5. The number of fused-ring (bicyclic) bond motifs is 1. The summed E-state index contributed by atoms with van der Waals surface area (Å²) in [6.45, 7) is 1.29. The fraction of sp³-hybridized carbons (Fsp3) is 0.286. The molecule has 4 nitrogen and oxygen atoms in total. The number of nitrogens with one attached hydrogen (secondary N) is 1. The van der Waals surface area contributed by atoms with Crippen LogP contribution in [0.2, 0.25) is 5.02 Å². The molecule has 27 heavy (non-hydrogen) atoms. The molecule has 2 heterocycles. The SMILES string of the molecule is O=C(NC[C@H]1CCCO1)c1oc2ccccc2c1CSc1ccc(Cl)cc1. The third-order valence-corrected chi connectivity index (χ3v) is 5.91. The maximum atomic E-state index is 12.8. The van der Waals surface area contributed by atoms with E-state index in [2.05, 4.69) is 5.32 Å². The van der Waals surface area contributed by atoms with Gasteiger partial charge in [0.25, 0.3) is 5.91 Å². The quantitative estimate of drug-likeness (QED) is 0.570. The van der Waals surface area contributed by atoms with Crippen molar-refractivity contribution in [2.75, 3.05) is 13.2 Å². The molecule has 0 aliphatic carbocycles. The molecule has 3 aromatic rings. The average molecular weight is 402 g/mol. The van der Waals surface area contributed by atoms with Gasteiger partial charge >= 0.3 is 0 Å². The van der Waals surface area contributed by atoms with Crippen LogP contribution in [0.4, 0.5) is 0 Å². The van der Waals surface area contributed by atoms with Crippen LogP contribution in [0.5, 0.6) is 0 Å². The zero-order chi connectivity index (χ0) is 18.6. The van der Waals surface area contributed by atoms with Gasteiger partial charge in [-0.15, -0.1) is 11.8 Å². The molecule has 1 atom stereocenters. The van der Waals surface area contributed by atoms with Gasteiger partial charge in [0, 0.05) is 39.8 Å². The molecule has 1 aliphatic rings. The number of carbonyl (C=O) groups excluding carboxylic acids is 1. The maximum Gasteiger partial charge on any atom is 0.287 e. The third kappa shape index (κ3) is 4.32. The van der Waals surface area contributed by atoms with Crippen molar-refractivity contribution in [2.45, 2.75) is 29.6 Å². The van der Waals surface area contributed by atoms with E-state index in [1.54, 1.807) is 11.8 Å². The van der Waals surface area contributed by atoms with Crippen molar-refractivity contribution in [3.8, 4) is 0 Å². The average Bonchev–Trinajstić information content (AvgIpc) is 3.33. The number of amides is 1. The molecule has 0 radical (unpaired) electrons. The molecule has 4 rings (SSSR count). The Morgan fingerprint density at radius 3 is 2.78 bits per heavy atom. The first-order valence-electron chi connectivity index (χ1n) is 8.99. The van der Waals surface area contributed by atoms with E-state index in [4.69, 9.17) is 20.8 Å². The van der Waals surface area contributed by atoms with Gasteiger partial charge in [-0.05, 0) is 43.2 Å². The van der Waals surface area contributed by atoms with Crippen molar-refractivity contribution in [3.05, 3.63) is 64.9 Å². The Kier molecular flexibility index (Phi) is 5.72. The summed E-state index contributed by atoms with van der Waals surface area (Å²) in [5.74, 6) is 0.838. The van der Waals surface area contributed by atoms with Gasteiger partial charge in [-0.1, -0.05) is 29.8 Å². The molecule has 140 valence electrons. The summed E-state index contributed by atoms with van der Waals surface area (Å²) in [5, 5.41) is 4.65. The largest absolute Gasteiger partial charge is 0.451 e. The highest BCUT2D eigenvalue weighted by molar-refractivity contribution is 7.98. The molecular weight excluding hydrogens is 382 g/mol. The van der Waals surface area contributed by atoms with Crippen LogP contribution in [-0.4, -0.2) is 25.2 Å². The van der Waals surface area contributed by atoms with Gasteiger partial charge in [-0.25, -0.2) is 0 Å². The molecule has 1 N–H and O–H groups in total. The Balaban J connectivity index is 1.54. The minimum atomic E-state index is -0.187. The van der Waals surface area contributed by atoms with Crippen molar-refractivity contribution in [2.24, 2.45) is 0 Å². The zero-order valence-electron chi connectivity index (χ0n) is 14.7. The molecule has 1 fully saturated rings. The van der Waals surface area contributed by atoms with E-state index in [1.165, 1.54) is 0 Å². The lowest BCUT2D eigenvalue weighted by molar-refractivity contribution is 0.0836. The normalized spacial score (nSPS) is 16.7. The van der Waals surface area contributed by atoms with Crippen LogP contribution in [0.15, 0.2) is 57.8 Å². The molecule has 1 aliphatic heterocycles. The molecule has 0 saturated carbocycles. The van der Waals surface area contributed by atoms with E-state index in [1.807, 2.05) is 48.5 Å². The predicted molar refractivity (Wildman–Crippen MR) is 109 cm³/mol. The van der Waals surface area contributed by atoms with Crippen LogP contribution >= 0.6 is 23.4 Å². The lowest BCUT2D eigenvalue weighted by atomic mass is 10.1. The number of hydrogen-bond acceptors (Lipinski definition) is 4. The fourth-order valence-electron chi connectivity index (χ4n) is 3.20. The van der Waals surface area contributed by atoms with Crippen molar-refractivity contribution in [1.82, 2.24) is 5.32 Å². The number of furan rings is 1. The number of carbonyl (C=O) groups is 1. The van der Waals surface area contributed by atoms with E-state index in [0.717, 1.165) is 40.9 Å². The summed E-state index contributed by atoms with van der Waals surface area (Å²) in [6, 6.07) is 15.5. The Morgan fingerprint density at radius 1 is 1.19 bits per heavy atom. The Labute approximate surface area is 167 Å². The Bertz CT molecular complexity index is 932. The van der Waals surface area contributed by atoms with E-state index in [-0.39, 0.29) is 12.0 Å². The number of para-hydroxylation sites is 1. The van der Waals surface area contributed by atoms with Gasteiger partial charge in [0.05, 0.1) is 6.10 Å². The molecule has 1 saturated heterocycles. The van der Waals surface area contributed by atoms with Crippen molar-refractivity contribution in [1.29, 1.82) is 0 Å². The highest BCUT2D eigenvalue weighted by Gasteiger charge is 2.22. The van der Waals surface area contributed by atoms with Gasteiger partial charge in [0.2, 0.25) is 0 Å². The smallest absolute Gasteiger partial charge is 0.287 e. The first kappa shape index (κ1) is 18.4. The minimum absolute atomic E-state index is 0.102. The number of benzene rings is 2. The van der Waals surface area contributed by atoms with Crippen molar-refractivity contribution >= 4 is 40.2 Å². The molecule has 0 unspecified atom stereocenters. The molecule has 1 amide bonds. The molecule has 1 aromatic heterocycles. The monoisotopic (exact) mass is 401 g/mol. The second kappa shape index (κ2) is 8.38. The molecule has 0 spiro atoms. The van der Waals surface area contributed by atoms with Gasteiger partial charge in [-0.3, -0.25) is 4.79 Å². The zero-order valence-corrected chi connectivity index (χ0v) is 16.3. The first-order chi connectivity index (χ1) is 13.2. The number of halogens is 1. The van der Waals surface area contributed by atoms with Gasteiger partial charge in [-0.2, -0.15) is 0 Å². The second-order valence-electron chi connectivity index (χ2n) is 6.49. The molecule has 0 bridgehead atoms. The molecule has 2 aromatic carbocycles. The Morgan fingerprint density at radius 2 is 2.00 bits per heavy atom. The topological polar surface area (TPSA) is 51.5 Å². The summed E-state index contributed by atoms with van der Waals surface area (Å²) in [6.07, 6.45) is 2.14. The van der Waals surface area contributed by atoms with Crippen molar-refractivity contribution in [3.63, 3.8) is 0 Å². The van der Waals surface area contributed by atoms with E-state index < -0.39 is 0 Å². The predicted octanol–water partition coefficient (Wildman–Crippen LogP) is 5.29. The lowest BCUT2D eigenvalue weighted by Gasteiger charge is -2.10. The van der Waals surface area contributed by atoms with Gasteiger partial charge in [0.1, 0.15) is 5.58 Å². The third-order valence-electron chi connectivity index (χ3n) is 4.62. The number of rotatable bonds is 6. The van der Waals surface area contributed by atoms with Crippen molar-refractivity contribution < 1.29 is 13.9 Å². The first-order valence-corrected chi connectivity index (χ1v) is 10.4. The lowest BCUT2D eigenvalue weighted by Crippen LogP contribution is -2.32. The summed E-state index contributed by atoms with van der Waals surface area (Å²) in [7, 11) is 0. The molecular formula is C21H20ClNO3S. The van der Waals surface area contributed by atoms with E-state index >= 15 is 0 Å². The highest BCUT2D eigenvalue weighted by Crippen LogP contribution is 2.32. The summed E-state index contributed by atoms with van der Waals surface area (Å²) < 4.78 is 11.5. The summed E-state index contributed by atoms with van der Waals surface area (Å²) in [4.78, 5) is 13.9. The fourth-order valence-corrected chi connectivity index (χ4v) is 4.26. The Hall–Kier alpha value is -1.95. The number of thioether (sulfide) groups is 1. The number of ether oxygens (including phenoxy) is 1.